The molecule has 0 bridgehead atoms. The lowest BCUT2D eigenvalue weighted by atomic mass is 9.84. The zero-order valence-electron chi connectivity index (χ0n) is 17.3. The number of nitrogens with one attached hydrogen (secondary N) is 1. The van der Waals surface area contributed by atoms with E-state index >= 15 is 0 Å². The van der Waals surface area contributed by atoms with Gasteiger partial charge in [0.15, 0.2) is 5.78 Å². The number of ether oxygens (including phenoxy) is 2. The Kier molecular flexibility index (Phi) is 6.28. The van der Waals surface area contributed by atoms with Gasteiger partial charge in [-0.05, 0) is 25.5 Å². The quantitative estimate of drug-likeness (QED) is 0.728. The van der Waals surface area contributed by atoms with Gasteiger partial charge in [0.1, 0.15) is 23.0 Å². The summed E-state index contributed by atoms with van der Waals surface area (Å²) in [5.41, 5.74) is -0.125. The van der Waals surface area contributed by atoms with Crippen molar-refractivity contribution in [3.05, 3.63) is 34.8 Å². The second kappa shape index (κ2) is 9.11. The molecular formula is C21H24N4O5S. The molecule has 1 aromatic carbocycles. The summed E-state index contributed by atoms with van der Waals surface area (Å²) in [7, 11) is 0. The molecule has 2 aliphatic heterocycles. The number of amides is 2. The van der Waals surface area contributed by atoms with Gasteiger partial charge in [0.25, 0.3) is 0 Å². The van der Waals surface area contributed by atoms with Crippen molar-refractivity contribution in [2.24, 2.45) is 0 Å². The van der Waals surface area contributed by atoms with Crippen LogP contribution in [0.25, 0.3) is 0 Å². The molecule has 0 aliphatic carbocycles. The van der Waals surface area contributed by atoms with Crippen LogP contribution >= 0.6 is 11.3 Å². The van der Waals surface area contributed by atoms with Crippen molar-refractivity contribution in [2.75, 3.05) is 25.0 Å². The van der Waals surface area contributed by atoms with Crippen LogP contribution in [0.2, 0.25) is 0 Å². The van der Waals surface area contributed by atoms with Crippen LogP contribution in [-0.4, -0.2) is 58.0 Å². The SMILES string of the molecule is CCOCc1nnc(NC(=O)CN2CC[C@@]3(CCC2=O)CC(=O)c2ccccc2O3)s1. The number of hydrogen-bond donors (Lipinski definition) is 1. The van der Waals surface area contributed by atoms with Crippen molar-refractivity contribution >= 4 is 34.1 Å². The molecule has 2 aromatic rings. The Bertz CT molecular complexity index is 994. The van der Waals surface area contributed by atoms with Gasteiger partial charge < -0.3 is 14.4 Å². The lowest BCUT2D eigenvalue weighted by Crippen LogP contribution is -2.43. The number of rotatable bonds is 6. The van der Waals surface area contributed by atoms with Gasteiger partial charge in [-0.1, -0.05) is 23.5 Å². The Morgan fingerprint density at radius 3 is 2.97 bits per heavy atom. The molecule has 1 aromatic heterocycles. The number of para-hydroxylation sites is 1. The van der Waals surface area contributed by atoms with Crippen LogP contribution in [0.15, 0.2) is 24.3 Å². The number of carbonyl (C=O) groups excluding carboxylic acids is 3. The van der Waals surface area contributed by atoms with E-state index in [0.717, 1.165) is 0 Å². The molecule has 1 spiro atoms. The number of benzene rings is 1. The van der Waals surface area contributed by atoms with Gasteiger partial charge in [-0.15, -0.1) is 10.2 Å². The molecule has 1 atom stereocenters. The van der Waals surface area contributed by atoms with E-state index in [1.807, 2.05) is 19.1 Å². The van der Waals surface area contributed by atoms with Gasteiger partial charge in [0.05, 0.1) is 18.5 Å². The number of ketones is 1. The first-order chi connectivity index (χ1) is 15.0. The van der Waals surface area contributed by atoms with Crippen molar-refractivity contribution in [1.82, 2.24) is 15.1 Å². The van der Waals surface area contributed by atoms with Crippen molar-refractivity contribution in [3.63, 3.8) is 0 Å². The number of carbonyl (C=O) groups is 3. The molecule has 2 amide bonds. The summed E-state index contributed by atoms with van der Waals surface area (Å²) >= 11 is 1.24. The van der Waals surface area contributed by atoms with Crippen molar-refractivity contribution in [2.45, 2.75) is 44.8 Å². The summed E-state index contributed by atoms with van der Waals surface area (Å²) in [6.45, 7) is 3.06. The van der Waals surface area contributed by atoms with Crippen LogP contribution in [0.4, 0.5) is 5.13 Å². The van der Waals surface area contributed by atoms with E-state index in [4.69, 9.17) is 9.47 Å². The zero-order chi connectivity index (χ0) is 21.8. The Hall–Kier alpha value is -2.85. The molecule has 2 aliphatic rings. The minimum atomic E-state index is -0.709. The third-order valence-electron chi connectivity index (χ3n) is 5.46. The van der Waals surface area contributed by atoms with Crippen LogP contribution in [0.3, 0.4) is 0 Å². The van der Waals surface area contributed by atoms with Crippen LogP contribution in [0, 0.1) is 0 Å². The maximum atomic E-state index is 12.6. The number of hydrogen-bond acceptors (Lipinski definition) is 8. The summed E-state index contributed by atoms with van der Waals surface area (Å²) in [5, 5.41) is 11.6. The minimum Gasteiger partial charge on any atom is -0.486 e. The number of nitrogens with zero attached hydrogens (tertiary/aromatic N) is 3. The molecule has 1 N–H and O–H groups in total. The highest BCUT2D eigenvalue weighted by Crippen LogP contribution is 2.39. The lowest BCUT2D eigenvalue weighted by Gasteiger charge is -2.37. The van der Waals surface area contributed by atoms with Gasteiger partial charge in [0, 0.05) is 26.0 Å². The molecule has 0 unspecified atom stereocenters. The monoisotopic (exact) mass is 444 g/mol. The maximum Gasteiger partial charge on any atom is 0.245 e. The summed E-state index contributed by atoms with van der Waals surface area (Å²) in [5.74, 6) is 0.127. The fourth-order valence-corrected chi connectivity index (χ4v) is 4.55. The summed E-state index contributed by atoms with van der Waals surface area (Å²) in [4.78, 5) is 39.2. The predicted octanol–water partition coefficient (Wildman–Crippen LogP) is 2.43. The Balaban J connectivity index is 1.37. The Morgan fingerprint density at radius 2 is 2.13 bits per heavy atom. The average Bonchev–Trinajstić information content (AvgIpc) is 3.15. The number of aromatic nitrogens is 2. The van der Waals surface area contributed by atoms with E-state index in [-0.39, 0.29) is 37.0 Å². The smallest absolute Gasteiger partial charge is 0.245 e. The third-order valence-corrected chi connectivity index (χ3v) is 6.27. The molecule has 0 saturated carbocycles. The molecule has 1 saturated heterocycles. The van der Waals surface area contributed by atoms with E-state index in [2.05, 4.69) is 15.5 Å². The van der Waals surface area contributed by atoms with Gasteiger partial charge >= 0.3 is 0 Å². The average molecular weight is 445 g/mol. The number of Topliss-reactive ketones (excluding diaryl/α,β-unsaturated/α-hetero) is 1. The number of fused-ring (bicyclic) bond motifs is 1. The normalized spacial score (nSPS) is 20.9. The molecule has 4 rings (SSSR count). The van der Waals surface area contributed by atoms with Crippen LogP contribution in [-0.2, 0) is 20.9 Å². The summed E-state index contributed by atoms with van der Waals surface area (Å²) < 4.78 is 11.5. The molecule has 9 nitrogen and oxygen atoms in total. The summed E-state index contributed by atoms with van der Waals surface area (Å²) in [6, 6.07) is 7.19. The van der Waals surface area contributed by atoms with Crippen molar-refractivity contribution < 1.29 is 23.9 Å². The Labute approximate surface area is 183 Å². The lowest BCUT2D eigenvalue weighted by molar-refractivity contribution is -0.134. The van der Waals surface area contributed by atoms with E-state index in [9.17, 15) is 14.4 Å². The molecule has 31 heavy (non-hydrogen) atoms. The Morgan fingerprint density at radius 1 is 1.29 bits per heavy atom. The highest BCUT2D eigenvalue weighted by atomic mass is 32.1. The van der Waals surface area contributed by atoms with Gasteiger partial charge in [-0.2, -0.15) is 0 Å². The highest BCUT2D eigenvalue weighted by molar-refractivity contribution is 7.15. The van der Waals surface area contributed by atoms with Crippen molar-refractivity contribution in [3.8, 4) is 5.75 Å². The first-order valence-electron chi connectivity index (χ1n) is 10.3. The second-order valence-corrected chi connectivity index (χ2v) is 8.69. The van der Waals surface area contributed by atoms with E-state index in [1.165, 1.54) is 16.2 Å². The molecular weight excluding hydrogens is 420 g/mol. The first-order valence-corrected chi connectivity index (χ1v) is 11.1. The minimum absolute atomic E-state index is 0.0274. The zero-order valence-corrected chi connectivity index (χ0v) is 18.1. The second-order valence-electron chi connectivity index (χ2n) is 7.63. The molecule has 1 fully saturated rings. The number of likely N-dealkylation sites (tertiary alicyclic amines) is 1. The maximum absolute atomic E-state index is 12.6. The van der Waals surface area contributed by atoms with E-state index < -0.39 is 5.60 Å². The van der Waals surface area contributed by atoms with Crippen LogP contribution in [0.1, 0.15) is 48.0 Å². The van der Waals surface area contributed by atoms with Crippen molar-refractivity contribution in [1.29, 1.82) is 0 Å². The third kappa shape index (κ3) is 4.91. The highest BCUT2D eigenvalue weighted by Gasteiger charge is 2.43. The van der Waals surface area contributed by atoms with Gasteiger partial charge in [0.2, 0.25) is 16.9 Å². The van der Waals surface area contributed by atoms with E-state index in [1.54, 1.807) is 12.1 Å². The standard InChI is InChI=1S/C21H24N4O5S/c1-2-29-13-18-23-24-20(31-18)22-17(27)12-25-10-9-21(8-7-19(25)28)11-15(26)14-5-3-4-6-16(14)30-21/h3-6H,2,7-13H2,1H3,(H,22,24,27)/t21-/m0/s1. The number of anilines is 1. The van der Waals surface area contributed by atoms with E-state index in [0.29, 0.717) is 54.1 Å². The molecule has 3 heterocycles. The molecule has 164 valence electrons. The summed E-state index contributed by atoms with van der Waals surface area (Å²) in [6.07, 6.45) is 1.40. The topological polar surface area (TPSA) is 111 Å². The molecule has 0 radical (unpaired) electrons. The molecule has 10 heteroatoms. The first kappa shape index (κ1) is 21.4. The van der Waals surface area contributed by atoms with Gasteiger partial charge in [-0.3, -0.25) is 19.7 Å². The van der Waals surface area contributed by atoms with Crippen LogP contribution in [0.5, 0.6) is 5.75 Å². The van der Waals surface area contributed by atoms with Gasteiger partial charge in [-0.25, -0.2) is 0 Å². The fraction of sp³-hybridized carbons (Fsp3) is 0.476. The largest absolute Gasteiger partial charge is 0.486 e. The predicted molar refractivity (Wildman–Crippen MR) is 113 cm³/mol. The fourth-order valence-electron chi connectivity index (χ4n) is 3.85. The van der Waals surface area contributed by atoms with Crippen LogP contribution < -0.4 is 10.1 Å².